The summed E-state index contributed by atoms with van der Waals surface area (Å²) in [5.41, 5.74) is 0. The van der Waals surface area contributed by atoms with Gasteiger partial charge in [0.2, 0.25) is 0 Å². The fraction of sp³-hybridized carbons (Fsp3) is 0.957. The number of nitrogens with zero attached hydrogens (tertiary/aromatic N) is 3. The minimum atomic E-state index is 0. The second-order valence-corrected chi connectivity index (χ2v) is 9.09. The van der Waals surface area contributed by atoms with Crippen molar-refractivity contribution in [2.45, 2.75) is 46.1 Å². The van der Waals surface area contributed by atoms with Gasteiger partial charge in [-0.25, -0.2) is 0 Å². The maximum Gasteiger partial charge on any atom is 0.146 e. The van der Waals surface area contributed by atoms with Crippen LogP contribution in [-0.2, 0) is 14.3 Å². The van der Waals surface area contributed by atoms with Gasteiger partial charge in [-0.15, -0.1) is 0 Å². The average molecular weight is 429 g/mol. The van der Waals surface area contributed by atoms with Crippen LogP contribution >= 0.6 is 0 Å². The Balaban J connectivity index is 0.00000480. The highest BCUT2D eigenvalue weighted by molar-refractivity contribution is 5.80. The Morgan fingerprint density at radius 3 is 2.20 bits per heavy atom. The Kier molecular flexibility index (Phi) is 13.1. The minimum Gasteiger partial charge on any atom is -0.378 e. The fourth-order valence-electron chi connectivity index (χ4n) is 4.18. The lowest BCUT2D eigenvalue weighted by Crippen LogP contribution is -2.50. The molecule has 7 heteroatoms. The molecule has 0 aliphatic carbocycles. The standard InChI is InChI=1S/C23H46N4O3.H2/c1-4-23(28)20-27-12-10-26(11-13-27)19-22-5-8-25(9-6-22)14-16-30-18-17-29-15-7-24-21(2)3;/h21-22,24H,4-20H2,1-3H3;1H. The van der Waals surface area contributed by atoms with Crippen LogP contribution in [0.1, 0.15) is 41.5 Å². The third-order valence-corrected chi connectivity index (χ3v) is 6.21. The molecular formula is C23H48N4O3. The molecule has 0 aromatic heterocycles. The van der Waals surface area contributed by atoms with Crippen LogP contribution in [0, 0.1) is 5.92 Å². The van der Waals surface area contributed by atoms with Gasteiger partial charge in [0.25, 0.3) is 0 Å². The van der Waals surface area contributed by atoms with Crippen LogP contribution in [0.25, 0.3) is 0 Å². The number of rotatable bonds is 15. The lowest BCUT2D eigenvalue weighted by molar-refractivity contribution is -0.120. The van der Waals surface area contributed by atoms with E-state index in [9.17, 15) is 4.79 Å². The lowest BCUT2D eigenvalue weighted by atomic mass is 9.96. The van der Waals surface area contributed by atoms with Gasteiger partial charge < -0.3 is 24.6 Å². The second kappa shape index (κ2) is 15.3. The molecule has 0 unspecified atom stereocenters. The Labute approximate surface area is 185 Å². The molecule has 2 aliphatic heterocycles. The number of ether oxygens (including phenoxy) is 2. The minimum absolute atomic E-state index is 0. The topological polar surface area (TPSA) is 57.3 Å². The summed E-state index contributed by atoms with van der Waals surface area (Å²) >= 11 is 0. The van der Waals surface area contributed by atoms with Crippen molar-refractivity contribution in [1.82, 2.24) is 20.0 Å². The number of piperazine rings is 1. The van der Waals surface area contributed by atoms with Gasteiger partial charge in [-0.1, -0.05) is 20.8 Å². The van der Waals surface area contributed by atoms with Gasteiger partial charge in [0.1, 0.15) is 5.78 Å². The quantitative estimate of drug-likeness (QED) is 0.397. The Hall–Kier alpha value is -0.570. The predicted octanol–water partition coefficient (Wildman–Crippen LogP) is 1.57. The number of likely N-dealkylation sites (tertiary alicyclic amines) is 1. The fourth-order valence-corrected chi connectivity index (χ4v) is 4.18. The number of piperidine rings is 1. The maximum absolute atomic E-state index is 11.6. The van der Waals surface area contributed by atoms with E-state index in [1.165, 1.54) is 32.5 Å². The first-order chi connectivity index (χ1) is 14.6. The number of hydrogen-bond acceptors (Lipinski definition) is 7. The van der Waals surface area contributed by atoms with Crippen molar-refractivity contribution < 1.29 is 15.7 Å². The zero-order chi connectivity index (χ0) is 21.6. The number of nitrogens with one attached hydrogen (secondary N) is 1. The van der Waals surface area contributed by atoms with E-state index in [1.54, 1.807) is 0 Å². The van der Waals surface area contributed by atoms with Crippen LogP contribution in [0.4, 0.5) is 0 Å². The first kappa shape index (κ1) is 25.7. The molecule has 0 spiro atoms. The van der Waals surface area contributed by atoms with Crippen LogP contribution in [0.15, 0.2) is 0 Å². The molecule has 2 fully saturated rings. The Morgan fingerprint density at radius 2 is 1.57 bits per heavy atom. The monoisotopic (exact) mass is 428 g/mol. The number of carbonyl (C=O) groups is 1. The van der Waals surface area contributed by atoms with Crippen LogP contribution in [-0.4, -0.2) is 118 Å². The number of ketones is 1. The van der Waals surface area contributed by atoms with Gasteiger partial charge >= 0.3 is 0 Å². The van der Waals surface area contributed by atoms with Gasteiger partial charge in [0, 0.05) is 59.7 Å². The molecule has 178 valence electrons. The number of Topliss-reactive ketones (excluding diaryl/α,β-unsaturated/α-hetero) is 1. The maximum atomic E-state index is 11.6. The normalized spacial score (nSPS) is 20.3. The van der Waals surface area contributed by atoms with Crippen molar-refractivity contribution in [2.24, 2.45) is 5.92 Å². The van der Waals surface area contributed by atoms with Crippen molar-refractivity contribution in [2.75, 3.05) is 91.9 Å². The van der Waals surface area contributed by atoms with E-state index in [1.807, 2.05) is 6.92 Å². The molecule has 0 aromatic carbocycles. The largest absolute Gasteiger partial charge is 0.378 e. The number of carbonyl (C=O) groups excluding carboxylic acids is 1. The van der Waals surface area contributed by atoms with Gasteiger partial charge in [0.15, 0.2) is 0 Å². The molecule has 30 heavy (non-hydrogen) atoms. The summed E-state index contributed by atoms with van der Waals surface area (Å²) in [6, 6.07) is 0.515. The zero-order valence-corrected chi connectivity index (χ0v) is 19.7. The molecule has 2 aliphatic rings. The predicted molar refractivity (Wildman–Crippen MR) is 124 cm³/mol. The van der Waals surface area contributed by atoms with Gasteiger partial charge in [-0.3, -0.25) is 9.69 Å². The molecule has 2 heterocycles. The molecule has 0 bridgehead atoms. The van der Waals surface area contributed by atoms with Gasteiger partial charge in [-0.2, -0.15) is 0 Å². The Bertz CT molecular complexity index is 454. The van der Waals surface area contributed by atoms with E-state index >= 15 is 0 Å². The van der Waals surface area contributed by atoms with Crippen molar-refractivity contribution in [1.29, 1.82) is 0 Å². The highest BCUT2D eigenvalue weighted by Crippen LogP contribution is 2.19. The van der Waals surface area contributed by atoms with E-state index < -0.39 is 0 Å². The summed E-state index contributed by atoms with van der Waals surface area (Å²) in [5.74, 6) is 1.19. The molecule has 0 saturated carbocycles. The summed E-state index contributed by atoms with van der Waals surface area (Å²) in [7, 11) is 0. The van der Waals surface area contributed by atoms with Gasteiger partial charge in [0.05, 0.1) is 33.0 Å². The SMILES string of the molecule is CCC(=O)CN1CCN(CC2CCN(CCOCCOCCNC(C)C)CC2)CC1.[HH]. The van der Waals surface area contributed by atoms with Crippen molar-refractivity contribution in [3.63, 3.8) is 0 Å². The summed E-state index contributed by atoms with van der Waals surface area (Å²) in [4.78, 5) is 19.1. The summed E-state index contributed by atoms with van der Waals surface area (Å²) in [5, 5.41) is 3.34. The van der Waals surface area contributed by atoms with Crippen molar-refractivity contribution >= 4 is 5.78 Å². The molecule has 2 saturated heterocycles. The number of hydrogen-bond donors (Lipinski definition) is 1. The molecular weight excluding hydrogens is 380 g/mol. The van der Waals surface area contributed by atoms with Crippen LogP contribution in [0.2, 0.25) is 0 Å². The van der Waals surface area contributed by atoms with Crippen LogP contribution < -0.4 is 5.32 Å². The van der Waals surface area contributed by atoms with Gasteiger partial charge in [-0.05, 0) is 31.8 Å². The molecule has 1 N–H and O–H groups in total. The summed E-state index contributed by atoms with van der Waals surface area (Å²) in [6.07, 6.45) is 3.24. The molecule has 7 nitrogen and oxygen atoms in total. The summed E-state index contributed by atoms with van der Waals surface area (Å²) < 4.78 is 11.3. The van der Waals surface area contributed by atoms with Crippen LogP contribution in [0.3, 0.4) is 0 Å². The summed E-state index contributed by atoms with van der Waals surface area (Å²) in [6.45, 7) is 19.7. The van der Waals surface area contributed by atoms with E-state index in [0.717, 1.165) is 58.4 Å². The van der Waals surface area contributed by atoms with E-state index in [4.69, 9.17) is 9.47 Å². The van der Waals surface area contributed by atoms with Crippen LogP contribution in [0.5, 0.6) is 0 Å². The second-order valence-electron chi connectivity index (χ2n) is 9.09. The first-order valence-electron chi connectivity index (χ1n) is 12.1. The molecule has 0 atom stereocenters. The lowest BCUT2D eigenvalue weighted by Gasteiger charge is -2.38. The van der Waals surface area contributed by atoms with Crippen molar-refractivity contribution in [3.8, 4) is 0 Å². The molecule has 0 aromatic rings. The average Bonchev–Trinajstić information content (AvgIpc) is 2.74. The molecule has 2 rings (SSSR count). The van der Waals surface area contributed by atoms with Crippen molar-refractivity contribution in [3.05, 3.63) is 0 Å². The van der Waals surface area contributed by atoms with E-state index in [-0.39, 0.29) is 1.43 Å². The zero-order valence-electron chi connectivity index (χ0n) is 19.7. The smallest absolute Gasteiger partial charge is 0.146 e. The highest BCUT2D eigenvalue weighted by Gasteiger charge is 2.24. The first-order valence-corrected chi connectivity index (χ1v) is 12.1. The third kappa shape index (κ3) is 11.2. The Morgan fingerprint density at radius 1 is 0.933 bits per heavy atom. The highest BCUT2D eigenvalue weighted by atomic mass is 16.5. The molecule has 0 amide bonds. The van der Waals surface area contributed by atoms with E-state index in [0.29, 0.717) is 38.0 Å². The van der Waals surface area contributed by atoms with E-state index in [2.05, 4.69) is 33.9 Å². The molecule has 0 radical (unpaired) electrons. The third-order valence-electron chi connectivity index (χ3n) is 6.21.